The van der Waals surface area contributed by atoms with Gasteiger partial charge < -0.3 is 15.4 Å². The minimum Gasteiger partial charge on any atom is -0.489 e. The van der Waals surface area contributed by atoms with E-state index in [1.54, 1.807) is 18.2 Å². The van der Waals surface area contributed by atoms with Gasteiger partial charge in [0.15, 0.2) is 11.6 Å². The van der Waals surface area contributed by atoms with E-state index in [-0.39, 0.29) is 17.5 Å². The molecule has 0 saturated heterocycles. The van der Waals surface area contributed by atoms with Crippen molar-refractivity contribution in [1.29, 1.82) is 0 Å². The van der Waals surface area contributed by atoms with E-state index in [1.807, 2.05) is 24.9 Å². The fraction of sp³-hybridized carbons (Fsp3) is 0.286. The lowest BCUT2D eigenvalue weighted by Gasteiger charge is -2.19. The van der Waals surface area contributed by atoms with Gasteiger partial charge in [0.25, 0.3) is 0 Å². The second kappa shape index (κ2) is 6.18. The van der Waals surface area contributed by atoms with Gasteiger partial charge in [-0.3, -0.25) is 0 Å². The molecule has 20 heavy (non-hydrogen) atoms. The van der Waals surface area contributed by atoms with Gasteiger partial charge in [-0.25, -0.2) is 9.37 Å². The Morgan fingerprint density at radius 3 is 2.75 bits per heavy atom. The third-order valence-corrected chi connectivity index (χ3v) is 2.77. The van der Waals surface area contributed by atoms with E-state index in [9.17, 15) is 4.39 Å². The predicted octanol–water partition coefficient (Wildman–Crippen LogP) is 2.02. The van der Waals surface area contributed by atoms with E-state index in [0.717, 1.165) is 5.69 Å². The lowest BCUT2D eigenvalue weighted by Crippen LogP contribution is -2.25. The molecule has 106 valence electrons. The van der Waals surface area contributed by atoms with Crippen LogP contribution < -0.4 is 15.4 Å². The Hall–Kier alpha value is -2.37. The largest absolute Gasteiger partial charge is 0.489 e. The Balaban J connectivity index is 1.92. The minimum atomic E-state index is -0.364. The molecule has 6 heteroatoms. The number of hydrogen-bond donors (Lipinski definition) is 1. The molecule has 0 atom stereocenters. The topological polar surface area (TPSA) is 64.3 Å². The summed E-state index contributed by atoms with van der Waals surface area (Å²) in [4.78, 5) is 10.0. The molecule has 0 aliphatic heterocycles. The minimum absolute atomic E-state index is 0.238. The first-order valence-corrected chi connectivity index (χ1v) is 6.26. The van der Waals surface area contributed by atoms with Gasteiger partial charge in [0.1, 0.15) is 12.4 Å². The van der Waals surface area contributed by atoms with Crippen molar-refractivity contribution in [2.75, 3.05) is 30.8 Å². The first kappa shape index (κ1) is 14.0. The van der Waals surface area contributed by atoms with Crippen LogP contribution in [0.25, 0.3) is 0 Å². The van der Waals surface area contributed by atoms with Crippen LogP contribution in [0.1, 0.15) is 5.69 Å². The number of rotatable bonds is 5. The third-order valence-electron chi connectivity index (χ3n) is 2.77. The average molecular weight is 276 g/mol. The summed E-state index contributed by atoms with van der Waals surface area (Å²) in [6, 6.07) is 8.16. The summed E-state index contributed by atoms with van der Waals surface area (Å²) in [5, 5.41) is 0. The van der Waals surface area contributed by atoms with Crippen LogP contribution in [0.4, 0.5) is 16.2 Å². The van der Waals surface area contributed by atoms with E-state index in [0.29, 0.717) is 19.0 Å². The Labute approximate surface area is 117 Å². The first-order valence-electron chi connectivity index (χ1n) is 6.26. The molecule has 0 saturated carbocycles. The summed E-state index contributed by atoms with van der Waals surface area (Å²) in [5.74, 6) is 0.838. The van der Waals surface area contributed by atoms with Crippen LogP contribution in [-0.4, -0.2) is 30.2 Å². The highest BCUT2D eigenvalue weighted by Gasteiger charge is 2.06. The Morgan fingerprint density at radius 2 is 2.05 bits per heavy atom. The molecule has 0 aliphatic carbocycles. The van der Waals surface area contributed by atoms with Gasteiger partial charge >= 0.3 is 0 Å². The Morgan fingerprint density at radius 1 is 1.30 bits per heavy atom. The number of likely N-dealkylation sites (N-methyl/N-ethyl adjacent to an activating group) is 1. The molecular weight excluding hydrogens is 259 g/mol. The summed E-state index contributed by atoms with van der Waals surface area (Å²) in [6.07, 6.45) is 0. The zero-order valence-electron chi connectivity index (χ0n) is 11.5. The number of aryl methyl sites for hydroxylation is 1. The molecule has 2 rings (SSSR count). The molecule has 0 bridgehead atoms. The maximum Gasteiger partial charge on any atom is 0.222 e. The maximum atomic E-state index is 13.4. The molecule has 0 spiro atoms. The maximum absolute atomic E-state index is 13.4. The van der Waals surface area contributed by atoms with Gasteiger partial charge in [-0.2, -0.15) is 4.98 Å². The number of halogens is 1. The van der Waals surface area contributed by atoms with E-state index in [4.69, 9.17) is 10.5 Å². The van der Waals surface area contributed by atoms with Crippen molar-refractivity contribution in [2.45, 2.75) is 6.92 Å². The van der Waals surface area contributed by atoms with Crippen LogP contribution in [0.5, 0.6) is 5.75 Å². The van der Waals surface area contributed by atoms with Crippen molar-refractivity contribution >= 4 is 11.8 Å². The SMILES string of the molecule is Cc1cc(N(C)CCOc2ccccc2F)nc(N)n1. The van der Waals surface area contributed by atoms with Crippen LogP contribution in [0.2, 0.25) is 0 Å². The summed E-state index contributed by atoms with van der Waals surface area (Å²) in [6.45, 7) is 2.76. The number of anilines is 2. The van der Waals surface area contributed by atoms with E-state index >= 15 is 0 Å². The van der Waals surface area contributed by atoms with Gasteiger partial charge in [0.2, 0.25) is 5.95 Å². The van der Waals surface area contributed by atoms with Crippen LogP contribution in [0.3, 0.4) is 0 Å². The Kier molecular flexibility index (Phi) is 4.34. The number of nitrogen functional groups attached to an aromatic ring is 1. The zero-order chi connectivity index (χ0) is 14.5. The molecule has 2 aromatic rings. The van der Waals surface area contributed by atoms with Crippen molar-refractivity contribution in [3.05, 3.63) is 41.8 Å². The highest BCUT2D eigenvalue weighted by molar-refractivity contribution is 5.42. The number of nitrogens with zero attached hydrogens (tertiary/aromatic N) is 3. The van der Waals surface area contributed by atoms with Crippen LogP contribution >= 0.6 is 0 Å². The van der Waals surface area contributed by atoms with E-state index in [2.05, 4.69) is 9.97 Å². The van der Waals surface area contributed by atoms with Crippen molar-refractivity contribution < 1.29 is 9.13 Å². The zero-order valence-corrected chi connectivity index (χ0v) is 11.5. The molecule has 0 unspecified atom stereocenters. The van der Waals surface area contributed by atoms with Crippen molar-refractivity contribution in [2.24, 2.45) is 0 Å². The molecule has 0 radical (unpaired) electrons. The molecule has 1 heterocycles. The highest BCUT2D eigenvalue weighted by Crippen LogP contribution is 2.16. The number of nitrogens with two attached hydrogens (primary N) is 1. The average Bonchev–Trinajstić information content (AvgIpc) is 2.39. The van der Waals surface area contributed by atoms with E-state index < -0.39 is 0 Å². The van der Waals surface area contributed by atoms with Crippen molar-refractivity contribution in [3.63, 3.8) is 0 Å². The first-order chi connectivity index (χ1) is 9.56. The van der Waals surface area contributed by atoms with Crippen molar-refractivity contribution in [1.82, 2.24) is 9.97 Å². The fourth-order valence-corrected chi connectivity index (χ4v) is 1.74. The monoisotopic (exact) mass is 276 g/mol. The molecule has 1 aromatic carbocycles. The van der Waals surface area contributed by atoms with Gasteiger partial charge in [-0.15, -0.1) is 0 Å². The number of ether oxygens (including phenoxy) is 1. The predicted molar refractivity (Wildman–Crippen MR) is 76.3 cm³/mol. The molecule has 1 aromatic heterocycles. The van der Waals surface area contributed by atoms with Gasteiger partial charge in [0.05, 0.1) is 6.54 Å². The molecule has 0 amide bonds. The number of aromatic nitrogens is 2. The van der Waals surface area contributed by atoms with Gasteiger partial charge in [-0.1, -0.05) is 12.1 Å². The second-order valence-electron chi connectivity index (χ2n) is 4.43. The summed E-state index contributed by atoms with van der Waals surface area (Å²) >= 11 is 0. The standard InChI is InChI=1S/C14H17FN4O/c1-10-9-13(18-14(16)17-10)19(2)7-8-20-12-6-4-3-5-11(12)15/h3-6,9H,7-8H2,1-2H3,(H2,16,17,18). The normalized spacial score (nSPS) is 10.3. The quantitative estimate of drug-likeness (QED) is 0.905. The number of para-hydroxylation sites is 1. The van der Waals surface area contributed by atoms with Crippen LogP contribution in [-0.2, 0) is 0 Å². The smallest absolute Gasteiger partial charge is 0.222 e. The summed E-state index contributed by atoms with van der Waals surface area (Å²) in [5.41, 5.74) is 6.41. The lowest BCUT2D eigenvalue weighted by atomic mass is 10.3. The molecular formula is C14H17FN4O. The Bertz CT molecular complexity index is 571. The molecule has 5 nitrogen and oxygen atoms in total. The lowest BCUT2D eigenvalue weighted by molar-refractivity contribution is 0.309. The van der Waals surface area contributed by atoms with Crippen molar-refractivity contribution in [3.8, 4) is 5.75 Å². The number of benzene rings is 1. The summed E-state index contributed by atoms with van der Waals surface area (Å²) in [7, 11) is 1.87. The van der Waals surface area contributed by atoms with Gasteiger partial charge in [-0.05, 0) is 19.1 Å². The third kappa shape index (κ3) is 3.57. The molecule has 0 aliphatic rings. The fourth-order valence-electron chi connectivity index (χ4n) is 1.74. The highest BCUT2D eigenvalue weighted by atomic mass is 19.1. The van der Waals surface area contributed by atoms with Crippen LogP contribution in [0.15, 0.2) is 30.3 Å². The molecule has 2 N–H and O–H groups in total. The van der Waals surface area contributed by atoms with Gasteiger partial charge in [0, 0.05) is 18.8 Å². The second-order valence-corrected chi connectivity index (χ2v) is 4.43. The summed E-state index contributed by atoms with van der Waals surface area (Å²) < 4.78 is 18.8. The molecule has 0 fully saturated rings. The van der Waals surface area contributed by atoms with Crippen LogP contribution in [0, 0.1) is 12.7 Å². The number of hydrogen-bond acceptors (Lipinski definition) is 5. The van der Waals surface area contributed by atoms with E-state index in [1.165, 1.54) is 6.07 Å².